The van der Waals surface area contributed by atoms with Crippen molar-refractivity contribution in [1.82, 2.24) is 29.4 Å². The number of carboxylic acids is 2. The summed E-state index contributed by atoms with van der Waals surface area (Å²) >= 11 is 8.03. The predicted octanol–water partition coefficient (Wildman–Crippen LogP) is -3.77. The molecule has 8 saturated heterocycles. The number of esters is 3. The summed E-state index contributed by atoms with van der Waals surface area (Å²) < 4.78 is 49.5. The molecular weight excluding hydrogens is 2270 g/mol. The van der Waals surface area contributed by atoms with Crippen LogP contribution in [0, 0.1) is 49.9 Å². The Morgan fingerprint density at radius 1 is 0.522 bits per heavy atom. The SMILES string of the molecule is C#C[C@@]1(O)C[C@H](C(=O)Nc2ccc(N3CCOCC3=O)cc2)N(C(=O)Nc2ccc(Cl)cc2)C1.C#C[C@@]1(O)C[C@H](C(=O)O)N(C(=O)OC(C)(C)C)C1.C#C[C@@]1(O)C[C@H](C(=O)OC)N(C(=O)OC(C)(C)C)C1.C1CCOC1.CC(C)(C)OC(=O)N1C[C@H](O)C[C@@H]1C(=O)O.CI.COC(=O)[C@H]1CC(=O)CN1C(=O)OC(C)(C)C.COC(=O)[C@H]1C[C@@H](O)CN1C(=O)OC(C)(C)C.O=CO[O-].[Br-].[C-]#C.[Cs+].[Cs+].[H-].[Mg+2]. The third-order valence-electron chi connectivity index (χ3n) is 18.6. The maximum Gasteiger partial charge on any atom is 2.00 e. The number of carbonyl (C=O) groups excluding carboxylic acids is 13. The van der Waals surface area contributed by atoms with Crippen molar-refractivity contribution >= 4 is 165 Å². The van der Waals surface area contributed by atoms with Crippen LogP contribution in [0.2, 0.25) is 5.02 Å². The second-order valence-electron chi connectivity index (χ2n) is 35.3. The van der Waals surface area contributed by atoms with Gasteiger partial charge in [-0.15, -0.1) is 19.3 Å². The number of Topliss-reactive ketones (excluding diaryl/α,β-unsaturated/α-hetero) is 1. The summed E-state index contributed by atoms with van der Waals surface area (Å²) in [7, 11) is 3.68. The number of halogens is 3. The fourth-order valence-electron chi connectivity index (χ4n) is 12.8. The number of urea groups is 1. The summed E-state index contributed by atoms with van der Waals surface area (Å²) in [5.41, 5.74) is -6.52. The molecule has 9 amide bonds. The number of β-amino-alcohol motifs (C(OH)–C–C–N with tert-alkyl or cyclic N) is 5. The molecule has 8 fully saturated rings. The molecule has 43 nitrogen and oxygen atoms in total. The number of alkyl halides is 1. The quantitative estimate of drug-likeness (QED) is 0.0105. The van der Waals surface area contributed by atoms with E-state index < -0.39 is 166 Å². The van der Waals surface area contributed by atoms with Crippen molar-refractivity contribution in [3.63, 3.8) is 0 Å². The van der Waals surface area contributed by atoms with Crippen molar-refractivity contribution in [2.24, 2.45) is 0 Å². The third kappa shape index (κ3) is 49.4. The molecule has 10 rings (SSSR count). The Labute approximate surface area is 968 Å². The Hall–Kier alpha value is -6.22. The molecule has 0 bridgehead atoms. The number of aliphatic hydroxyl groups excluding tert-OH is 2. The molecular formula is C89H126BrClCs2IMgN9O34. The van der Waals surface area contributed by atoms with Crippen molar-refractivity contribution in [3.8, 4) is 43.5 Å². The van der Waals surface area contributed by atoms with E-state index in [2.05, 4.69) is 76.5 Å². The largest absolute Gasteiger partial charge is 2.00 e. The van der Waals surface area contributed by atoms with Gasteiger partial charge in [-0.3, -0.25) is 43.7 Å². The number of rotatable bonds is 10. The van der Waals surface area contributed by atoms with E-state index in [1.807, 2.05) is 4.93 Å². The molecule has 138 heavy (non-hydrogen) atoms. The molecule has 0 aliphatic carbocycles. The predicted molar refractivity (Wildman–Crippen MR) is 492 cm³/mol. The Morgan fingerprint density at radius 2 is 0.855 bits per heavy atom. The topological polar surface area (TPSA) is 569 Å². The first-order valence-corrected chi connectivity index (χ1v) is 43.9. The summed E-state index contributed by atoms with van der Waals surface area (Å²) in [5, 5.41) is 81.7. The number of terminal acetylenes is 4. The van der Waals surface area contributed by atoms with E-state index in [0.29, 0.717) is 35.2 Å². The molecule has 0 saturated carbocycles. The van der Waals surface area contributed by atoms with Crippen LogP contribution in [-0.4, -0.2) is 370 Å². The maximum atomic E-state index is 13.1. The molecule has 756 valence electrons. The van der Waals surface area contributed by atoms with E-state index in [1.165, 1.54) is 44.0 Å². The number of hydrogen-bond acceptors (Lipinski definition) is 32. The molecule has 0 aromatic heterocycles. The van der Waals surface area contributed by atoms with Gasteiger partial charge in [0.2, 0.25) is 5.91 Å². The number of ether oxygens (including phenoxy) is 10. The molecule has 8 aliphatic heterocycles. The second-order valence-corrected chi connectivity index (χ2v) is 35.7. The minimum Gasteiger partial charge on any atom is -1.00 e. The first-order valence-electron chi connectivity index (χ1n) is 41.3. The molecule has 9 N–H and O–H groups in total. The van der Waals surface area contributed by atoms with Crippen LogP contribution >= 0.6 is 34.2 Å². The van der Waals surface area contributed by atoms with Crippen LogP contribution in [0.25, 0.3) is 0 Å². The number of methoxy groups -OCH3 is 3. The summed E-state index contributed by atoms with van der Waals surface area (Å²) in [5.74, 6) is 1.69. The van der Waals surface area contributed by atoms with Gasteiger partial charge in [0, 0.05) is 80.4 Å². The summed E-state index contributed by atoms with van der Waals surface area (Å²) in [6.45, 7) is 27.8. The third-order valence-corrected chi connectivity index (χ3v) is 18.9. The van der Waals surface area contributed by atoms with Crippen LogP contribution in [0.5, 0.6) is 0 Å². The molecule has 2 aromatic rings. The smallest absolute Gasteiger partial charge is 1.00 e. The van der Waals surface area contributed by atoms with Gasteiger partial charge in [0.15, 0.2) is 5.78 Å². The Kier molecular flexibility index (Phi) is 64.5. The second kappa shape index (κ2) is 64.5. The molecule has 2 aromatic carbocycles. The van der Waals surface area contributed by atoms with Crippen LogP contribution in [-0.2, 0) is 95.4 Å². The number of morpholine rings is 1. The fraction of sp³-hybridized carbons (Fsp3) is 0.607. The molecule has 8 aliphatic rings. The van der Waals surface area contributed by atoms with Crippen LogP contribution in [0.15, 0.2) is 48.5 Å². The van der Waals surface area contributed by atoms with Gasteiger partial charge in [0.25, 0.3) is 12.4 Å². The Morgan fingerprint density at radius 3 is 1.22 bits per heavy atom. The van der Waals surface area contributed by atoms with Gasteiger partial charge in [-0.2, -0.15) is 0 Å². The van der Waals surface area contributed by atoms with Gasteiger partial charge in [0.05, 0.1) is 79.4 Å². The number of amides is 9. The minimum atomic E-state index is -1.63. The number of ketones is 1. The van der Waals surface area contributed by atoms with Gasteiger partial charge in [-0.1, -0.05) is 52.0 Å². The molecule has 0 radical (unpaired) electrons. The zero-order valence-electron chi connectivity index (χ0n) is 82.7. The minimum absolute atomic E-state index is 0. The van der Waals surface area contributed by atoms with Gasteiger partial charge >= 0.3 is 227 Å². The number of nitrogens with one attached hydrogen (secondary N) is 2. The standard InChI is InChI=1S/C24H23ClN4O5.C13H19NO5.C12H17NO5.C11H19NO5.C11H17NO5.C10H17NO5.C4H8O.C2H.CH3I.CH2O3.BrH.2Cs.Mg.H/c1-2-24(33)13-20(29(15-24)23(32)27-18-5-3-16(25)4-6-18)22(31)26-17-7-9-19(10-8-17)28-11-12-34-14-21(28)30;1-6-13(17)7-9(10(15)18-5)14(8-13)11(16)19-12(2,3)4;1-5-12(17)6-8(9(14)15)13(7-12)10(16)18-11(2,3)4;2*1-11(2,3)17-10(15)12-6-7(13)5-8(12)9(14)16-4;1-10(2,3)16-9(15)11-5-6(12)4-7(11)8(13)14;1-2-4-5-3-1;2*1-2;2-1-4-3;;;;;/h1,3-10,20,33H,11-15H2,(H,26,31)(H,27,32);1,9,17H,7-8H2,2-5H3;1,8,17H,6-7H2,2-4H3,(H,14,15);7-8,13H,5-6H2,1-4H3;8H,5-6H2,1-4H3;6-7,12H,4-5H2,1-3H3,(H,13,14);1-4H2;1H;1H3;1,3H;1H;;;;/q;;;;;;;-1;;;;2*+1;+2;-1/p-2/t20-,24-;9-,13-;8-,12-;7-,8-;8-;6-,7-;;;;;;;;;/m111111........./s1. The van der Waals surface area contributed by atoms with E-state index in [1.54, 1.807) is 157 Å². The van der Waals surface area contributed by atoms with Crippen LogP contribution < -0.4 is 176 Å². The van der Waals surface area contributed by atoms with Crippen LogP contribution in [0.4, 0.5) is 45.8 Å². The van der Waals surface area contributed by atoms with Crippen molar-refractivity contribution in [1.29, 1.82) is 0 Å². The number of likely N-dealkylation sites (tertiary alicyclic amines) is 6. The van der Waals surface area contributed by atoms with E-state index in [4.69, 9.17) is 90.7 Å². The van der Waals surface area contributed by atoms with E-state index in [-0.39, 0.29) is 282 Å². The Bertz CT molecular complexity index is 4480. The molecule has 8 heterocycles. The average molecular weight is 2400 g/mol. The zero-order valence-corrected chi connectivity index (χ0v) is 100. The van der Waals surface area contributed by atoms with E-state index >= 15 is 0 Å². The van der Waals surface area contributed by atoms with Crippen molar-refractivity contribution < 1.29 is 321 Å². The number of aliphatic hydroxyl groups is 5. The van der Waals surface area contributed by atoms with Gasteiger partial charge in [-0.05, 0) is 170 Å². The number of aliphatic carboxylic acids is 2. The fourth-order valence-corrected chi connectivity index (χ4v) is 12.9. The van der Waals surface area contributed by atoms with Crippen molar-refractivity contribution in [3.05, 3.63) is 60.0 Å². The first kappa shape index (κ1) is 138. The summed E-state index contributed by atoms with van der Waals surface area (Å²) in [6.07, 6.45) is 22.3. The molecule has 0 unspecified atom stereocenters. The number of benzene rings is 2. The van der Waals surface area contributed by atoms with Crippen molar-refractivity contribution in [2.75, 3.05) is 114 Å². The zero-order chi connectivity index (χ0) is 103. The van der Waals surface area contributed by atoms with Crippen LogP contribution in [0.3, 0.4) is 0 Å². The molecule has 0 spiro atoms. The van der Waals surface area contributed by atoms with Crippen LogP contribution in [0.1, 0.15) is 157 Å². The first-order chi connectivity index (χ1) is 62.1. The maximum absolute atomic E-state index is 13.1. The van der Waals surface area contributed by atoms with Gasteiger partial charge in [0.1, 0.15) is 87.7 Å². The normalized spacial score (nSPS) is 22.4. The number of anilines is 3. The van der Waals surface area contributed by atoms with Gasteiger partial charge in [-0.25, -0.2) is 52.7 Å². The monoisotopic (exact) mass is 2400 g/mol. The van der Waals surface area contributed by atoms with Crippen molar-refractivity contribution in [2.45, 2.75) is 248 Å². The number of hydrogen-bond donors (Lipinski definition) is 9. The number of carbonyl (C=O) groups is 15. The Balaban J connectivity index is -0.000000510. The van der Waals surface area contributed by atoms with E-state index in [9.17, 15) is 92.7 Å². The molecule has 49 heteroatoms. The summed E-state index contributed by atoms with van der Waals surface area (Å²) in [4.78, 5) is 186. The van der Waals surface area contributed by atoms with E-state index in [0.717, 1.165) is 32.8 Å². The summed E-state index contributed by atoms with van der Waals surface area (Å²) in [6, 6.07) is 6.98. The number of nitrogens with zero attached hydrogens (tertiary/aromatic N) is 7. The number of carboxylic acid groups (broad SMARTS) is 2. The van der Waals surface area contributed by atoms with Gasteiger partial charge < -0.3 is 145 Å². The molecule has 11 atom stereocenters. The average Bonchev–Trinajstić information content (AvgIpc) is 1.66.